The second kappa shape index (κ2) is 8.55. The fourth-order valence-corrected chi connectivity index (χ4v) is 2.20. The van der Waals surface area contributed by atoms with Gasteiger partial charge in [0.15, 0.2) is 5.05 Å². The van der Waals surface area contributed by atoms with Crippen LogP contribution in [0, 0.1) is 0 Å². The average molecular weight is 300 g/mol. The van der Waals surface area contributed by atoms with Crippen molar-refractivity contribution >= 4 is 17.3 Å². The minimum atomic E-state index is -0.129. The van der Waals surface area contributed by atoms with Crippen molar-refractivity contribution in [2.75, 3.05) is 13.2 Å². The maximum atomic E-state index is 6.01. The van der Waals surface area contributed by atoms with Gasteiger partial charge in [0.05, 0.1) is 6.61 Å². The van der Waals surface area contributed by atoms with E-state index in [0.29, 0.717) is 18.3 Å². The van der Waals surface area contributed by atoms with Crippen LogP contribution in [0.5, 0.6) is 0 Å². The van der Waals surface area contributed by atoms with Gasteiger partial charge in [-0.3, -0.25) is 0 Å². The van der Waals surface area contributed by atoms with Crippen molar-refractivity contribution in [3.63, 3.8) is 0 Å². The summed E-state index contributed by atoms with van der Waals surface area (Å²) in [5.74, 6) is 0. The highest BCUT2D eigenvalue weighted by atomic mass is 32.1. The van der Waals surface area contributed by atoms with Crippen molar-refractivity contribution in [2.24, 2.45) is 0 Å². The summed E-state index contributed by atoms with van der Waals surface area (Å²) < 4.78 is 11.4. The molecule has 0 bridgehead atoms. The van der Waals surface area contributed by atoms with Gasteiger partial charge in [0.1, 0.15) is 12.7 Å². The zero-order chi connectivity index (χ0) is 14.9. The molecule has 0 spiro atoms. The Labute approximate surface area is 131 Å². The van der Waals surface area contributed by atoms with E-state index < -0.39 is 0 Å². The van der Waals surface area contributed by atoms with Crippen LogP contribution in [0.3, 0.4) is 0 Å². The van der Waals surface area contributed by atoms with Crippen LogP contribution in [-0.4, -0.2) is 18.3 Å². The molecular weight excluding hydrogens is 280 g/mol. The molecule has 0 saturated heterocycles. The molecule has 110 valence electrons. The summed E-state index contributed by atoms with van der Waals surface area (Å²) in [6.45, 7) is 3.02. The van der Waals surface area contributed by atoms with E-state index in [1.54, 1.807) is 0 Å². The van der Waals surface area contributed by atoms with Gasteiger partial charge in [0, 0.05) is 0 Å². The first-order valence-electron chi connectivity index (χ1n) is 7.18. The third-order valence-electron chi connectivity index (χ3n) is 3.04. The molecule has 2 aromatic rings. The third-order valence-corrected chi connectivity index (χ3v) is 3.28. The molecule has 2 aromatic carbocycles. The second-order valence-electron chi connectivity index (χ2n) is 4.73. The van der Waals surface area contributed by atoms with E-state index in [2.05, 4.69) is 31.2 Å². The molecule has 21 heavy (non-hydrogen) atoms. The minimum Gasteiger partial charge on any atom is -0.485 e. The topological polar surface area (TPSA) is 18.5 Å². The van der Waals surface area contributed by atoms with Crippen molar-refractivity contribution in [2.45, 2.75) is 19.4 Å². The van der Waals surface area contributed by atoms with Crippen molar-refractivity contribution in [1.29, 1.82) is 0 Å². The maximum absolute atomic E-state index is 6.01. The molecule has 0 aliphatic rings. The maximum Gasteiger partial charge on any atom is 0.185 e. The van der Waals surface area contributed by atoms with Crippen LogP contribution < -0.4 is 0 Å². The molecule has 0 saturated carbocycles. The molecule has 2 nitrogen and oxygen atoms in total. The van der Waals surface area contributed by atoms with Crippen LogP contribution >= 0.6 is 12.2 Å². The van der Waals surface area contributed by atoms with E-state index in [1.807, 2.05) is 36.4 Å². The number of hydrogen-bond acceptors (Lipinski definition) is 3. The van der Waals surface area contributed by atoms with Crippen molar-refractivity contribution in [3.8, 4) is 0 Å². The van der Waals surface area contributed by atoms with Crippen molar-refractivity contribution in [3.05, 3.63) is 71.8 Å². The third kappa shape index (κ3) is 4.96. The number of benzene rings is 2. The molecular formula is C18H20O2S. The molecule has 0 atom stereocenters. The summed E-state index contributed by atoms with van der Waals surface area (Å²) in [7, 11) is 0. The monoisotopic (exact) mass is 300 g/mol. The first-order chi connectivity index (χ1) is 10.3. The number of hydrogen-bond donors (Lipinski definition) is 0. The highest BCUT2D eigenvalue weighted by Crippen LogP contribution is 2.25. The minimum absolute atomic E-state index is 0.129. The van der Waals surface area contributed by atoms with Gasteiger partial charge in [0.25, 0.3) is 0 Å². The predicted octanol–water partition coefficient (Wildman–Crippen LogP) is 4.55. The Morgan fingerprint density at radius 3 is 1.95 bits per heavy atom. The van der Waals surface area contributed by atoms with Gasteiger partial charge in [-0.15, -0.1) is 0 Å². The quantitative estimate of drug-likeness (QED) is 0.699. The zero-order valence-electron chi connectivity index (χ0n) is 12.2. The van der Waals surface area contributed by atoms with E-state index in [9.17, 15) is 0 Å². The zero-order valence-corrected chi connectivity index (χ0v) is 13.0. The van der Waals surface area contributed by atoms with Crippen LogP contribution in [0.15, 0.2) is 60.7 Å². The van der Waals surface area contributed by atoms with Gasteiger partial charge in [-0.2, -0.15) is 0 Å². The van der Waals surface area contributed by atoms with Crippen LogP contribution in [0.1, 0.15) is 30.6 Å². The number of thiocarbonyl (C=S) groups is 1. The summed E-state index contributed by atoms with van der Waals surface area (Å²) in [6.07, 6.45) is 0.816. The van der Waals surface area contributed by atoms with E-state index in [1.165, 1.54) is 0 Å². The molecule has 0 heterocycles. The smallest absolute Gasteiger partial charge is 0.185 e. The van der Waals surface area contributed by atoms with E-state index >= 15 is 0 Å². The molecule has 0 aliphatic heterocycles. The molecule has 0 unspecified atom stereocenters. The summed E-state index contributed by atoms with van der Waals surface area (Å²) in [5.41, 5.74) is 2.23. The first kappa shape index (κ1) is 15.7. The Morgan fingerprint density at radius 2 is 1.48 bits per heavy atom. The van der Waals surface area contributed by atoms with Gasteiger partial charge >= 0.3 is 0 Å². The average Bonchev–Trinajstić information content (AvgIpc) is 2.55. The molecule has 0 aliphatic carbocycles. The Hall–Kier alpha value is -1.71. The molecule has 2 rings (SSSR count). The molecule has 0 N–H and O–H groups in total. The lowest BCUT2D eigenvalue weighted by atomic mass is 10.0. The lowest BCUT2D eigenvalue weighted by molar-refractivity contribution is 0.100. The highest BCUT2D eigenvalue weighted by Gasteiger charge is 2.15. The summed E-state index contributed by atoms with van der Waals surface area (Å²) in [4.78, 5) is 0. The Kier molecular flexibility index (Phi) is 6.38. The largest absolute Gasteiger partial charge is 0.485 e. The van der Waals surface area contributed by atoms with Gasteiger partial charge in [-0.05, 0) is 29.8 Å². The summed E-state index contributed by atoms with van der Waals surface area (Å²) in [6, 6.07) is 20.3. The van der Waals surface area contributed by atoms with Crippen LogP contribution in [0.2, 0.25) is 0 Å². The van der Waals surface area contributed by atoms with Gasteiger partial charge < -0.3 is 9.47 Å². The lowest BCUT2D eigenvalue weighted by Crippen LogP contribution is -2.15. The van der Waals surface area contributed by atoms with Crippen LogP contribution in [0.4, 0.5) is 0 Å². The Balaban J connectivity index is 2.09. The molecule has 0 aromatic heterocycles. The predicted molar refractivity (Wildman–Crippen MR) is 89.5 cm³/mol. The summed E-state index contributed by atoms with van der Waals surface area (Å²) in [5, 5.41) is 0.508. The van der Waals surface area contributed by atoms with Gasteiger partial charge in [-0.1, -0.05) is 67.6 Å². The lowest BCUT2D eigenvalue weighted by Gasteiger charge is -2.19. The summed E-state index contributed by atoms with van der Waals surface area (Å²) >= 11 is 5.19. The molecule has 0 fully saturated rings. The standard InChI is InChI=1S/C18H20O2S/c1-2-13-19-17(21)14-20-18(15-9-5-3-6-10-15)16-11-7-4-8-12-16/h3-12,18H,2,13-14H2,1H3. The van der Waals surface area contributed by atoms with Crippen molar-refractivity contribution in [1.82, 2.24) is 0 Å². The number of rotatable bonds is 7. The van der Waals surface area contributed by atoms with Crippen LogP contribution in [-0.2, 0) is 9.47 Å². The number of ether oxygens (including phenoxy) is 2. The Bertz CT molecular complexity index is 500. The molecule has 0 amide bonds. The SMILES string of the molecule is CCCOC(=S)COC(c1ccccc1)c1ccccc1. The van der Waals surface area contributed by atoms with Gasteiger partial charge in [0.2, 0.25) is 0 Å². The fraction of sp³-hybridized carbons (Fsp3) is 0.278. The highest BCUT2D eigenvalue weighted by molar-refractivity contribution is 7.80. The van der Waals surface area contributed by atoms with E-state index in [0.717, 1.165) is 17.5 Å². The van der Waals surface area contributed by atoms with Crippen LogP contribution in [0.25, 0.3) is 0 Å². The van der Waals surface area contributed by atoms with Gasteiger partial charge in [-0.25, -0.2) is 0 Å². The second-order valence-corrected chi connectivity index (χ2v) is 5.19. The fourth-order valence-electron chi connectivity index (χ4n) is 2.05. The normalized spacial score (nSPS) is 10.6. The molecule has 3 heteroatoms. The van der Waals surface area contributed by atoms with E-state index in [-0.39, 0.29) is 6.10 Å². The molecule has 0 radical (unpaired) electrons. The first-order valence-corrected chi connectivity index (χ1v) is 7.59. The Morgan fingerprint density at radius 1 is 0.952 bits per heavy atom. The van der Waals surface area contributed by atoms with Crippen molar-refractivity contribution < 1.29 is 9.47 Å². The van der Waals surface area contributed by atoms with E-state index in [4.69, 9.17) is 21.7 Å².